The normalized spacial score (nSPS) is 10.2. The molecule has 0 aliphatic rings. The number of anilines is 1. The fourth-order valence-electron chi connectivity index (χ4n) is 1.62. The van der Waals surface area contributed by atoms with Crippen LogP contribution in [-0.4, -0.2) is 16.0 Å². The van der Waals surface area contributed by atoms with E-state index in [1.54, 1.807) is 12.1 Å². The lowest BCUT2D eigenvalue weighted by Crippen LogP contribution is -2.07. The number of aromatic carboxylic acids is 1. The monoisotopic (exact) mass is 280 g/mol. The van der Waals surface area contributed by atoms with E-state index >= 15 is 0 Å². The summed E-state index contributed by atoms with van der Waals surface area (Å²) in [5.74, 6) is -1.90. The number of nitrogens with zero attached hydrogens (tertiary/aromatic N) is 1. The van der Waals surface area contributed by atoms with Crippen LogP contribution in [0.3, 0.4) is 0 Å². The molecular formula is C12H9FN2O5. The first-order chi connectivity index (χ1) is 9.49. The zero-order valence-corrected chi connectivity index (χ0v) is 10.00. The maximum Gasteiger partial charge on any atom is 0.342 e. The molecule has 1 aromatic carbocycles. The van der Waals surface area contributed by atoms with Crippen LogP contribution in [0.1, 0.15) is 16.1 Å². The standard InChI is InChI=1S/C12H9FN2O5/c13-9-5-11(15(18)19)8(12(16)17)4-10(9)14-6-7-2-1-3-20-7/h1-5,14H,6H2,(H,16,17). The molecule has 2 N–H and O–H groups in total. The third-order valence-electron chi connectivity index (χ3n) is 2.55. The van der Waals surface area contributed by atoms with Crippen molar-refractivity contribution in [1.82, 2.24) is 0 Å². The number of benzene rings is 1. The van der Waals surface area contributed by atoms with Crippen molar-refractivity contribution in [1.29, 1.82) is 0 Å². The molecule has 2 rings (SSSR count). The number of carboxylic acids is 1. The van der Waals surface area contributed by atoms with Crippen LogP contribution < -0.4 is 5.32 Å². The Kier molecular flexibility index (Phi) is 3.65. The topological polar surface area (TPSA) is 106 Å². The minimum Gasteiger partial charge on any atom is -0.477 e. The van der Waals surface area contributed by atoms with Gasteiger partial charge in [0.15, 0.2) is 5.82 Å². The van der Waals surface area contributed by atoms with E-state index in [9.17, 15) is 19.3 Å². The fourth-order valence-corrected chi connectivity index (χ4v) is 1.62. The Bertz CT molecular complexity index is 654. The Balaban J connectivity index is 2.31. The van der Waals surface area contributed by atoms with Crippen molar-refractivity contribution in [2.75, 3.05) is 5.32 Å². The van der Waals surface area contributed by atoms with Gasteiger partial charge in [0.2, 0.25) is 0 Å². The van der Waals surface area contributed by atoms with E-state index in [0.717, 1.165) is 6.07 Å². The number of nitro benzene ring substituents is 1. The minimum absolute atomic E-state index is 0.126. The maximum absolute atomic E-state index is 13.7. The molecule has 0 unspecified atom stereocenters. The highest BCUT2D eigenvalue weighted by molar-refractivity contribution is 5.93. The molecule has 0 aliphatic heterocycles. The van der Waals surface area contributed by atoms with E-state index in [1.807, 2.05) is 0 Å². The molecule has 0 saturated heterocycles. The fraction of sp³-hybridized carbons (Fsp3) is 0.0833. The summed E-state index contributed by atoms with van der Waals surface area (Å²) in [6, 6.07) is 4.76. The molecule has 7 nitrogen and oxygen atoms in total. The summed E-state index contributed by atoms with van der Waals surface area (Å²) >= 11 is 0. The van der Waals surface area contributed by atoms with Gasteiger partial charge in [0.1, 0.15) is 11.3 Å². The van der Waals surface area contributed by atoms with Crippen molar-refractivity contribution < 1.29 is 23.6 Å². The molecule has 8 heteroatoms. The molecule has 2 aromatic rings. The van der Waals surface area contributed by atoms with Crippen LogP contribution in [0.2, 0.25) is 0 Å². The summed E-state index contributed by atoms with van der Waals surface area (Å²) in [4.78, 5) is 20.7. The van der Waals surface area contributed by atoms with Gasteiger partial charge in [-0.15, -0.1) is 0 Å². The average Bonchev–Trinajstić information content (AvgIpc) is 2.89. The van der Waals surface area contributed by atoms with Crippen molar-refractivity contribution in [2.45, 2.75) is 6.54 Å². The quantitative estimate of drug-likeness (QED) is 0.644. The first-order valence-electron chi connectivity index (χ1n) is 5.46. The van der Waals surface area contributed by atoms with Crippen LogP contribution in [0.4, 0.5) is 15.8 Å². The van der Waals surface area contributed by atoms with Gasteiger partial charge in [0.05, 0.1) is 29.5 Å². The Morgan fingerprint density at radius 2 is 2.25 bits per heavy atom. The van der Waals surface area contributed by atoms with Gasteiger partial charge in [-0.25, -0.2) is 9.18 Å². The first-order valence-corrected chi connectivity index (χ1v) is 5.46. The van der Waals surface area contributed by atoms with Gasteiger partial charge in [-0.1, -0.05) is 0 Å². The lowest BCUT2D eigenvalue weighted by molar-refractivity contribution is -0.385. The largest absolute Gasteiger partial charge is 0.477 e. The van der Waals surface area contributed by atoms with Gasteiger partial charge in [-0.05, 0) is 18.2 Å². The molecule has 1 aromatic heterocycles. The third-order valence-corrected chi connectivity index (χ3v) is 2.55. The summed E-state index contributed by atoms with van der Waals surface area (Å²) in [5, 5.41) is 22.2. The Morgan fingerprint density at radius 1 is 1.50 bits per heavy atom. The zero-order valence-electron chi connectivity index (χ0n) is 10.00. The number of nitrogens with one attached hydrogen (secondary N) is 1. The summed E-state index contributed by atoms with van der Waals surface area (Å²) in [6.45, 7) is 0.126. The van der Waals surface area contributed by atoms with Crippen molar-refractivity contribution in [2.24, 2.45) is 0 Å². The lowest BCUT2D eigenvalue weighted by Gasteiger charge is -2.07. The number of rotatable bonds is 5. The van der Waals surface area contributed by atoms with Crippen molar-refractivity contribution in [3.63, 3.8) is 0 Å². The van der Waals surface area contributed by atoms with Crippen LogP contribution in [0.5, 0.6) is 0 Å². The van der Waals surface area contributed by atoms with Crippen LogP contribution in [0.15, 0.2) is 34.9 Å². The highest BCUT2D eigenvalue weighted by Crippen LogP contribution is 2.26. The van der Waals surface area contributed by atoms with Gasteiger partial charge >= 0.3 is 5.97 Å². The average molecular weight is 280 g/mol. The van der Waals surface area contributed by atoms with Crippen LogP contribution >= 0.6 is 0 Å². The van der Waals surface area contributed by atoms with Crippen molar-refractivity contribution >= 4 is 17.3 Å². The molecule has 0 spiro atoms. The molecule has 0 fully saturated rings. The van der Waals surface area contributed by atoms with Gasteiger partial charge in [-0.3, -0.25) is 10.1 Å². The SMILES string of the molecule is O=C(O)c1cc(NCc2ccco2)c(F)cc1[N+](=O)[O-]. The molecule has 0 saturated carbocycles. The summed E-state index contributed by atoms with van der Waals surface area (Å²) in [7, 11) is 0. The van der Waals surface area contributed by atoms with E-state index in [-0.39, 0.29) is 12.2 Å². The minimum atomic E-state index is -1.50. The van der Waals surface area contributed by atoms with E-state index in [2.05, 4.69) is 5.32 Å². The van der Waals surface area contributed by atoms with Crippen LogP contribution in [-0.2, 0) is 6.54 Å². The number of nitro groups is 1. The number of carboxylic acid groups (broad SMARTS) is 1. The second-order valence-corrected chi connectivity index (χ2v) is 3.84. The molecule has 0 amide bonds. The van der Waals surface area contributed by atoms with Gasteiger partial charge < -0.3 is 14.8 Å². The van der Waals surface area contributed by atoms with Crippen LogP contribution in [0.25, 0.3) is 0 Å². The number of hydrogen-bond donors (Lipinski definition) is 2. The summed E-state index contributed by atoms with van der Waals surface area (Å²) in [6.07, 6.45) is 1.44. The molecule has 20 heavy (non-hydrogen) atoms. The number of furan rings is 1. The predicted molar refractivity (Wildman–Crippen MR) is 66.0 cm³/mol. The van der Waals surface area contributed by atoms with Gasteiger partial charge in [0.25, 0.3) is 5.69 Å². The van der Waals surface area contributed by atoms with E-state index in [0.29, 0.717) is 11.8 Å². The highest BCUT2D eigenvalue weighted by Gasteiger charge is 2.23. The Morgan fingerprint density at radius 3 is 2.80 bits per heavy atom. The number of carbonyl (C=O) groups is 1. The van der Waals surface area contributed by atoms with E-state index < -0.39 is 28.0 Å². The summed E-state index contributed by atoms with van der Waals surface area (Å²) in [5.41, 5.74) is -1.53. The van der Waals surface area contributed by atoms with Gasteiger partial charge in [0, 0.05) is 0 Å². The lowest BCUT2D eigenvalue weighted by atomic mass is 10.1. The first kappa shape index (κ1) is 13.5. The van der Waals surface area contributed by atoms with E-state index in [4.69, 9.17) is 9.52 Å². The summed E-state index contributed by atoms with van der Waals surface area (Å²) < 4.78 is 18.7. The smallest absolute Gasteiger partial charge is 0.342 e. The Labute approximate surface area is 111 Å². The molecule has 0 radical (unpaired) electrons. The molecule has 104 valence electrons. The molecular weight excluding hydrogens is 271 g/mol. The second kappa shape index (κ2) is 5.39. The highest BCUT2D eigenvalue weighted by atomic mass is 19.1. The van der Waals surface area contributed by atoms with Crippen molar-refractivity contribution in [3.8, 4) is 0 Å². The predicted octanol–water partition coefficient (Wildman–Crippen LogP) is 2.64. The molecule has 0 aliphatic carbocycles. The number of halogens is 1. The third kappa shape index (κ3) is 2.74. The van der Waals surface area contributed by atoms with E-state index in [1.165, 1.54) is 6.26 Å². The molecule has 0 bridgehead atoms. The Hall–Kier alpha value is -2.90. The maximum atomic E-state index is 13.7. The number of hydrogen-bond acceptors (Lipinski definition) is 5. The molecule has 0 atom stereocenters. The van der Waals surface area contributed by atoms with Crippen LogP contribution in [0, 0.1) is 15.9 Å². The van der Waals surface area contributed by atoms with Crippen molar-refractivity contribution in [3.05, 3.63) is 57.8 Å². The molecule has 1 heterocycles. The van der Waals surface area contributed by atoms with Gasteiger partial charge in [-0.2, -0.15) is 0 Å². The second-order valence-electron chi connectivity index (χ2n) is 3.84. The zero-order chi connectivity index (χ0) is 14.7.